The van der Waals surface area contributed by atoms with Gasteiger partial charge >= 0.3 is 0 Å². The summed E-state index contributed by atoms with van der Waals surface area (Å²) >= 11 is 7.30. The summed E-state index contributed by atoms with van der Waals surface area (Å²) in [6.07, 6.45) is 0.299. The van der Waals surface area contributed by atoms with Crippen molar-refractivity contribution in [2.24, 2.45) is 7.05 Å². The van der Waals surface area contributed by atoms with E-state index in [4.69, 9.17) is 11.6 Å². The van der Waals surface area contributed by atoms with Crippen molar-refractivity contribution in [3.8, 4) is 0 Å². The summed E-state index contributed by atoms with van der Waals surface area (Å²) in [4.78, 5) is 17.3. The highest BCUT2D eigenvalue weighted by molar-refractivity contribution is 7.98. The molecule has 0 fully saturated rings. The number of halogens is 3. The number of hydrogen-bond acceptors (Lipinski definition) is 3. The second-order valence-electron chi connectivity index (χ2n) is 6.12. The van der Waals surface area contributed by atoms with Crippen LogP contribution in [0.4, 0.5) is 8.78 Å². The molecule has 0 N–H and O–H groups in total. The molecule has 0 radical (unpaired) electrons. The highest BCUT2D eigenvalue weighted by Gasteiger charge is 2.15. The Morgan fingerprint density at radius 2 is 1.89 bits per heavy atom. The summed E-state index contributed by atoms with van der Waals surface area (Å²) in [6.45, 7) is 1.75. The predicted octanol–water partition coefficient (Wildman–Crippen LogP) is 4.90. The molecule has 0 atom stereocenters. The van der Waals surface area contributed by atoms with Gasteiger partial charge in [-0.15, -0.1) is 0 Å². The number of benzene rings is 2. The molecule has 0 saturated carbocycles. The molecule has 3 aromatic rings. The van der Waals surface area contributed by atoms with E-state index in [0.717, 1.165) is 0 Å². The third-order valence-electron chi connectivity index (χ3n) is 4.23. The van der Waals surface area contributed by atoms with E-state index in [-0.39, 0.29) is 22.9 Å². The van der Waals surface area contributed by atoms with Gasteiger partial charge in [-0.3, -0.25) is 9.36 Å². The first-order valence-electron chi connectivity index (χ1n) is 8.23. The molecule has 0 saturated heterocycles. The third-order valence-corrected chi connectivity index (χ3v) is 5.64. The van der Waals surface area contributed by atoms with Gasteiger partial charge in [-0.1, -0.05) is 41.6 Å². The topological polar surface area (TPSA) is 34.9 Å². The van der Waals surface area contributed by atoms with E-state index in [9.17, 15) is 13.6 Å². The highest BCUT2D eigenvalue weighted by atomic mass is 35.5. The average molecular weight is 407 g/mol. The molecule has 0 bridgehead atoms. The minimum Gasteiger partial charge on any atom is -0.291 e. The van der Waals surface area contributed by atoms with E-state index in [0.29, 0.717) is 39.0 Å². The summed E-state index contributed by atoms with van der Waals surface area (Å²) in [7, 11) is 1.62. The van der Waals surface area contributed by atoms with Crippen molar-refractivity contribution in [2.75, 3.05) is 0 Å². The molecular weight excluding hydrogens is 390 g/mol. The number of nitrogens with zero attached hydrogens (tertiary/aromatic N) is 2. The lowest BCUT2D eigenvalue weighted by Gasteiger charge is -2.13. The van der Waals surface area contributed by atoms with Crippen molar-refractivity contribution in [1.29, 1.82) is 0 Å². The van der Waals surface area contributed by atoms with E-state index < -0.39 is 0 Å². The van der Waals surface area contributed by atoms with Crippen molar-refractivity contribution in [3.05, 3.63) is 91.9 Å². The Kier molecular flexibility index (Phi) is 5.97. The Hall–Kier alpha value is -2.18. The van der Waals surface area contributed by atoms with E-state index in [2.05, 4.69) is 4.98 Å². The van der Waals surface area contributed by atoms with Crippen LogP contribution in [0.25, 0.3) is 0 Å². The smallest absolute Gasteiger partial charge is 0.257 e. The van der Waals surface area contributed by atoms with Crippen molar-refractivity contribution in [1.82, 2.24) is 9.55 Å². The molecule has 3 nitrogen and oxygen atoms in total. The summed E-state index contributed by atoms with van der Waals surface area (Å²) in [5.41, 5.74) is 1.96. The van der Waals surface area contributed by atoms with Crippen molar-refractivity contribution in [2.45, 2.75) is 24.3 Å². The highest BCUT2D eigenvalue weighted by Crippen LogP contribution is 2.27. The second-order valence-corrected chi connectivity index (χ2v) is 7.47. The molecule has 3 rings (SSSR count). The zero-order chi connectivity index (χ0) is 19.6. The predicted molar refractivity (Wildman–Crippen MR) is 104 cm³/mol. The number of rotatable bonds is 5. The molecule has 0 aliphatic rings. The minimum absolute atomic E-state index is 0.200. The molecule has 0 aliphatic heterocycles. The van der Waals surface area contributed by atoms with E-state index in [1.807, 2.05) is 0 Å². The fraction of sp³-hybridized carbons (Fsp3) is 0.200. The van der Waals surface area contributed by atoms with Crippen LogP contribution in [0.1, 0.15) is 22.4 Å². The maximum atomic E-state index is 13.9. The van der Waals surface area contributed by atoms with Gasteiger partial charge in [0.2, 0.25) is 0 Å². The lowest BCUT2D eigenvalue weighted by molar-refractivity contribution is 0.617. The largest absolute Gasteiger partial charge is 0.291 e. The van der Waals surface area contributed by atoms with Crippen LogP contribution in [0.5, 0.6) is 0 Å². The van der Waals surface area contributed by atoms with Gasteiger partial charge in [0.05, 0.1) is 0 Å². The Morgan fingerprint density at radius 1 is 1.15 bits per heavy atom. The second kappa shape index (κ2) is 8.23. The molecule has 7 heteroatoms. The van der Waals surface area contributed by atoms with Crippen molar-refractivity contribution < 1.29 is 8.78 Å². The van der Waals surface area contributed by atoms with Gasteiger partial charge in [-0.25, -0.2) is 13.8 Å². The van der Waals surface area contributed by atoms with E-state index in [1.165, 1.54) is 34.5 Å². The maximum Gasteiger partial charge on any atom is 0.257 e. The zero-order valence-electron chi connectivity index (χ0n) is 14.8. The van der Waals surface area contributed by atoms with Crippen LogP contribution >= 0.6 is 23.4 Å². The monoisotopic (exact) mass is 406 g/mol. The van der Waals surface area contributed by atoms with Gasteiger partial charge in [0, 0.05) is 41.1 Å². The molecule has 0 amide bonds. The van der Waals surface area contributed by atoms with Crippen LogP contribution in [-0.2, 0) is 19.2 Å². The molecule has 1 heterocycles. The van der Waals surface area contributed by atoms with Gasteiger partial charge < -0.3 is 0 Å². The normalized spacial score (nSPS) is 11.0. The van der Waals surface area contributed by atoms with Crippen LogP contribution in [0.3, 0.4) is 0 Å². The van der Waals surface area contributed by atoms with Crippen LogP contribution in [-0.4, -0.2) is 9.55 Å². The Labute approximate surface area is 165 Å². The minimum atomic E-state index is -0.389. The van der Waals surface area contributed by atoms with Crippen LogP contribution < -0.4 is 5.56 Å². The number of aryl methyl sites for hydroxylation is 1. The SMILES string of the molecule is Cc1nc(SCc2c(F)cccc2Cl)n(C)c(=O)c1Cc1cccc(F)c1. The van der Waals surface area contributed by atoms with Crippen LogP contribution in [0.2, 0.25) is 5.02 Å². The average Bonchev–Trinajstić information content (AvgIpc) is 2.62. The Morgan fingerprint density at radius 3 is 2.59 bits per heavy atom. The lowest BCUT2D eigenvalue weighted by Crippen LogP contribution is -2.25. The number of thioether (sulfide) groups is 1. The first kappa shape index (κ1) is 19.6. The van der Waals surface area contributed by atoms with Crippen LogP contribution in [0.15, 0.2) is 52.4 Å². The third kappa shape index (κ3) is 4.39. The first-order chi connectivity index (χ1) is 12.9. The number of aromatic nitrogens is 2. The quantitative estimate of drug-likeness (QED) is 0.446. The zero-order valence-corrected chi connectivity index (χ0v) is 16.4. The molecule has 0 spiro atoms. The Bertz CT molecular complexity index is 1030. The molecule has 0 unspecified atom stereocenters. The Balaban J connectivity index is 1.87. The van der Waals surface area contributed by atoms with Gasteiger partial charge in [0.1, 0.15) is 11.6 Å². The van der Waals surface area contributed by atoms with E-state index in [1.54, 1.807) is 38.2 Å². The molecule has 1 aromatic heterocycles. The fourth-order valence-electron chi connectivity index (χ4n) is 2.72. The molecular formula is C20H17ClF2N2OS. The lowest BCUT2D eigenvalue weighted by atomic mass is 10.1. The molecule has 2 aromatic carbocycles. The number of hydrogen-bond donors (Lipinski definition) is 0. The summed E-state index contributed by atoms with van der Waals surface area (Å²) in [6, 6.07) is 10.7. The maximum absolute atomic E-state index is 13.9. The van der Waals surface area contributed by atoms with E-state index >= 15 is 0 Å². The van der Waals surface area contributed by atoms with Crippen molar-refractivity contribution >= 4 is 23.4 Å². The summed E-state index contributed by atoms with van der Waals surface area (Å²) in [5.74, 6) is -0.475. The molecule has 140 valence electrons. The fourth-order valence-corrected chi connectivity index (χ4v) is 4.07. The van der Waals surface area contributed by atoms with Gasteiger partial charge in [-0.2, -0.15) is 0 Å². The van der Waals surface area contributed by atoms with Gasteiger partial charge in [-0.05, 0) is 36.8 Å². The van der Waals surface area contributed by atoms with Gasteiger partial charge in [0.15, 0.2) is 5.16 Å². The summed E-state index contributed by atoms with van der Waals surface area (Å²) < 4.78 is 28.8. The van der Waals surface area contributed by atoms with Crippen LogP contribution in [0, 0.1) is 18.6 Å². The first-order valence-corrected chi connectivity index (χ1v) is 9.60. The summed E-state index contributed by atoms with van der Waals surface area (Å²) in [5, 5.41) is 0.812. The standard InChI is InChI=1S/C20H17ClF2N2OS/c1-12-15(10-13-5-3-6-14(22)9-13)19(26)25(2)20(24-12)27-11-16-17(21)7-4-8-18(16)23/h3-9H,10-11H2,1-2H3. The molecule has 0 aliphatic carbocycles. The van der Waals surface area contributed by atoms with Gasteiger partial charge in [0.25, 0.3) is 5.56 Å². The van der Waals surface area contributed by atoms with Crippen molar-refractivity contribution in [3.63, 3.8) is 0 Å². The molecule has 27 heavy (non-hydrogen) atoms.